The zero-order chi connectivity index (χ0) is 10.6. The first-order chi connectivity index (χ1) is 6.72. The maximum atomic E-state index is 13.0. The van der Waals surface area contributed by atoms with Gasteiger partial charge in [-0.3, -0.25) is 5.32 Å². The second-order valence-electron chi connectivity index (χ2n) is 2.79. The molecule has 1 N–H and O–H groups in total. The lowest BCUT2D eigenvalue weighted by Gasteiger charge is -2.17. The van der Waals surface area contributed by atoms with Gasteiger partial charge in [-0.25, -0.2) is 4.39 Å². The first kappa shape index (κ1) is 10.9. The van der Waals surface area contributed by atoms with Gasteiger partial charge < -0.3 is 9.47 Å². The van der Waals surface area contributed by atoms with Gasteiger partial charge in [0.25, 0.3) is 0 Å². The fourth-order valence-electron chi connectivity index (χ4n) is 1.31. The molecule has 0 saturated heterocycles. The van der Waals surface area contributed by atoms with Crippen LogP contribution >= 0.6 is 0 Å². The number of methoxy groups -OCH3 is 2. The van der Waals surface area contributed by atoms with Crippen LogP contribution in [0.4, 0.5) is 4.39 Å². The summed E-state index contributed by atoms with van der Waals surface area (Å²) in [4.78, 5) is 0. The molecule has 3 nitrogen and oxygen atoms in total. The number of hydrogen-bond donors (Lipinski definition) is 1. The Morgan fingerprint density at radius 3 is 2.57 bits per heavy atom. The molecule has 0 heterocycles. The third-order valence-electron chi connectivity index (χ3n) is 1.97. The predicted molar refractivity (Wildman–Crippen MR) is 51.8 cm³/mol. The molecule has 0 aliphatic heterocycles. The van der Waals surface area contributed by atoms with Crippen molar-refractivity contribution in [1.82, 2.24) is 5.32 Å². The number of ether oxygens (including phenoxy) is 2. The molecule has 0 spiro atoms. The summed E-state index contributed by atoms with van der Waals surface area (Å²) in [5.74, 6) is 0.297. The topological polar surface area (TPSA) is 30.5 Å². The van der Waals surface area contributed by atoms with Crippen LogP contribution in [-0.2, 0) is 4.74 Å². The minimum atomic E-state index is -0.361. The average Bonchev–Trinajstić information content (AvgIpc) is 2.20. The Kier molecular flexibility index (Phi) is 3.85. The molecule has 0 radical (unpaired) electrons. The lowest BCUT2D eigenvalue weighted by atomic mass is 10.1. The van der Waals surface area contributed by atoms with E-state index in [-0.39, 0.29) is 12.0 Å². The van der Waals surface area contributed by atoms with Gasteiger partial charge >= 0.3 is 0 Å². The summed E-state index contributed by atoms with van der Waals surface area (Å²) in [5.41, 5.74) is 0.650. The average molecular weight is 199 g/mol. The normalized spacial score (nSPS) is 12.6. The van der Waals surface area contributed by atoms with Crippen LogP contribution in [0.3, 0.4) is 0 Å². The van der Waals surface area contributed by atoms with Gasteiger partial charge in [-0.15, -0.1) is 0 Å². The molecule has 78 valence electrons. The summed E-state index contributed by atoms with van der Waals surface area (Å²) in [6, 6.07) is 4.32. The van der Waals surface area contributed by atoms with Crippen LogP contribution in [0.2, 0.25) is 0 Å². The number of benzene rings is 1. The molecule has 4 heteroatoms. The smallest absolute Gasteiger partial charge is 0.137 e. The fourth-order valence-corrected chi connectivity index (χ4v) is 1.31. The van der Waals surface area contributed by atoms with Gasteiger partial charge in [-0.1, -0.05) is 0 Å². The maximum Gasteiger partial charge on any atom is 0.137 e. The summed E-state index contributed by atoms with van der Waals surface area (Å²) < 4.78 is 23.2. The zero-order valence-electron chi connectivity index (χ0n) is 8.50. The molecular formula is C10H14FNO2. The molecule has 0 saturated carbocycles. The van der Waals surface area contributed by atoms with Crippen LogP contribution in [0.25, 0.3) is 0 Å². The number of halogens is 1. The third kappa shape index (κ3) is 2.21. The van der Waals surface area contributed by atoms with Gasteiger partial charge in [0.2, 0.25) is 0 Å². The van der Waals surface area contributed by atoms with E-state index in [1.807, 2.05) is 0 Å². The summed E-state index contributed by atoms with van der Waals surface area (Å²) in [6.07, 6.45) is -0.361. The maximum absolute atomic E-state index is 13.0. The van der Waals surface area contributed by atoms with Crippen LogP contribution < -0.4 is 10.1 Å². The molecule has 1 unspecified atom stereocenters. The van der Waals surface area contributed by atoms with Gasteiger partial charge in [-0.05, 0) is 25.2 Å². The summed E-state index contributed by atoms with van der Waals surface area (Å²) in [6.45, 7) is 0. The van der Waals surface area contributed by atoms with Crippen molar-refractivity contribution in [3.8, 4) is 5.75 Å². The molecular weight excluding hydrogens is 185 g/mol. The largest absolute Gasteiger partial charge is 0.496 e. The highest BCUT2D eigenvalue weighted by molar-refractivity contribution is 5.35. The van der Waals surface area contributed by atoms with Gasteiger partial charge in [-0.2, -0.15) is 0 Å². The van der Waals surface area contributed by atoms with E-state index in [1.165, 1.54) is 12.1 Å². The Balaban J connectivity index is 3.08. The van der Waals surface area contributed by atoms with E-state index in [0.29, 0.717) is 11.3 Å². The molecule has 1 atom stereocenters. The van der Waals surface area contributed by atoms with E-state index in [1.54, 1.807) is 27.3 Å². The molecule has 0 amide bonds. The molecule has 1 aromatic rings. The molecule has 0 aromatic heterocycles. The van der Waals surface area contributed by atoms with Crippen molar-refractivity contribution in [3.05, 3.63) is 29.6 Å². The SMILES string of the molecule is CNC(OC)c1cc(F)ccc1OC. The zero-order valence-corrected chi connectivity index (χ0v) is 8.50. The van der Waals surface area contributed by atoms with Crippen LogP contribution in [0, 0.1) is 5.82 Å². The minimum absolute atomic E-state index is 0.307. The number of nitrogens with one attached hydrogen (secondary N) is 1. The lowest BCUT2D eigenvalue weighted by molar-refractivity contribution is 0.0783. The van der Waals surface area contributed by atoms with Crippen molar-refractivity contribution in [1.29, 1.82) is 0 Å². The summed E-state index contributed by atoms with van der Waals surface area (Å²) in [7, 11) is 4.82. The first-order valence-electron chi connectivity index (χ1n) is 4.26. The minimum Gasteiger partial charge on any atom is -0.496 e. The second kappa shape index (κ2) is 4.93. The van der Waals surface area contributed by atoms with Crippen LogP contribution in [0.1, 0.15) is 11.8 Å². The van der Waals surface area contributed by atoms with Crippen molar-refractivity contribution in [2.24, 2.45) is 0 Å². The number of hydrogen-bond acceptors (Lipinski definition) is 3. The molecule has 1 aromatic carbocycles. The van der Waals surface area contributed by atoms with Gasteiger partial charge in [0.15, 0.2) is 0 Å². The highest BCUT2D eigenvalue weighted by Gasteiger charge is 2.14. The van der Waals surface area contributed by atoms with Crippen LogP contribution in [0.15, 0.2) is 18.2 Å². The van der Waals surface area contributed by atoms with Crippen molar-refractivity contribution >= 4 is 0 Å². The van der Waals surface area contributed by atoms with Gasteiger partial charge in [0.05, 0.1) is 7.11 Å². The predicted octanol–water partition coefficient (Wildman–Crippen LogP) is 1.70. The van der Waals surface area contributed by atoms with E-state index < -0.39 is 0 Å². The van der Waals surface area contributed by atoms with Gasteiger partial charge in [0.1, 0.15) is 17.8 Å². The van der Waals surface area contributed by atoms with E-state index in [2.05, 4.69) is 5.32 Å². The Hall–Kier alpha value is -1.13. The van der Waals surface area contributed by atoms with E-state index in [4.69, 9.17) is 9.47 Å². The molecule has 0 aliphatic carbocycles. The third-order valence-corrected chi connectivity index (χ3v) is 1.97. The Morgan fingerprint density at radius 2 is 2.07 bits per heavy atom. The van der Waals surface area contributed by atoms with E-state index in [9.17, 15) is 4.39 Å². The van der Waals surface area contributed by atoms with Crippen molar-refractivity contribution in [2.45, 2.75) is 6.23 Å². The van der Waals surface area contributed by atoms with Crippen molar-refractivity contribution in [2.75, 3.05) is 21.3 Å². The molecule has 0 aliphatic rings. The van der Waals surface area contributed by atoms with E-state index >= 15 is 0 Å². The number of rotatable bonds is 4. The summed E-state index contributed by atoms with van der Waals surface area (Å²) in [5, 5.41) is 2.90. The first-order valence-corrected chi connectivity index (χ1v) is 4.26. The Labute approximate surface area is 82.8 Å². The molecule has 14 heavy (non-hydrogen) atoms. The van der Waals surface area contributed by atoms with Crippen molar-refractivity contribution in [3.63, 3.8) is 0 Å². The highest BCUT2D eigenvalue weighted by atomic mass is 19.1. The summed E-state index contributed by atoms with van der Waals surface area (Å²) >= 11 is 0. The highest BCUT2D eigenvalue weighted by Crippen LogP contribution is 2.25. The van der Waals surface area contributed by atoms with Crippen LogP contribution in [0.5, 0.6) is 5.75 Å². The van der Waals surface area contributed by atoms with Crippen molar-refractivity contribution < 1.29 is 13.9 Å². The Morgan fingerprint density at radius 1 is 1.36 bits per heavy atom. The molecule has 0 bridgehead atoms. The van der Waals surface area contributed by atoms with Gasteiger partial charge in [0, 0.05) is 12.7 Å². The fraction of sp³-hybridized carbons (Fsp3) is 0.400. The second-order valence-corrected chi connectivity index (χ2v) is 2.79. The monoisotopic (exact) mass is 199 g/mol. The lowest BCUT2D eigenvalue weighted by Crippen LogP contribution is -2.18. The van der Waals surface area contributed by atoms with Crippen LogP contribution in [-0.4, -0.2) is 21.3 Å². The molecule has 0 fully saturated rings. The van der Waals surface area contributed by atoms with E-state index in [0.717, 1.165) is 0 Å². The quantitative estimate of drug-likeness (QED) is 0.749. The Bertz CT molecular complexity index is 300. The molecule has 1 rings (SSSR count). The standard InChI is InChI=1S/C10H14FNO2/c1-12-10(14-3)8-6-7(11)4-5-9(8)13-2/h4-6,10,12H,1-3H3.